The minimum atomic E-state index is -0.939. The summed E-state index contributed by atoms with van der Waals surface area (Å²) in [4.78, 5) is 10.9. The highest BCUT2D eigenvalue weighted by Gasteiger charge is 2.13. The molecule has 0 saturated heterocycles. The molecule has 2 heterocycles. The van der Waals surface area contributed by atoms with Crippen molar-refractivity contribution in [1.82, 2.24) is 9.78 Å². The lowest BCUT2D eigenvalue weighted by molar-refractivity contribution is 0.0683. The Kier molecular flexibility index (Phi) is 2.55. The fourth-order valence-corrected chi connectivity index (χ4v) is 2.03. The molecule has 0 aliphatic rings. The van der Waals surface area contributed by atoms with Crippen LogP contribution in [0.4, 0.5) is 0 Å². The second kappa shape index (κ2) is 3.86. The lowest BCUT2D eigenvalue weighted by atomic mass is 10.2. The highest BCUT2D eigenvalue weighted by molar-refractivity contribution is 7.08. The third-order valence-electron chi connectivity index (χ3n) is 2.12. The van der Waals surface area contributed by atoms with Gasteiger partial charge in [0.25, 0.3) is 0 Å². The van der Waals surface area contributed by atoms with Crippen molar-refractivity contribution in [3.8, 4) is 11.3 Å². The Labute approximate surface area is 90.8 Å². The summed E-state index contributed by atoms with van der Waals surface area (Å²) in [6.07, 6.45) is 0. The maximum atomic E-state index is 10.9. The van der Waals surface area contributed by atoms with Crippen LogP contribution in [-0.4, -0.2) is 20.9 Å². The zero-order valence-electron chi connectivity index (χ0n) is 8.17. The molecule has 4 nitrogen and oxygen atoms in total. The summed E-state index contributed by atoms with van der Waals surface area (Å²) in [5, 5.41) is 17.1. The lowest BCUT2D eigenvalue weighted by Gasteiger charge is -1.97. The van der Waals surface area contributed by atoms with E-state index in [0.717, 1.165) is 11.3 Å². The smallest absolute Gasteiger partial charge is 0.354 e. The summed E-state index contributed by atoms with van der Waals surface area (Å²) >= 11 is 1.57. The predicted molar refractivity (Wildman–Crippen MR) is 58.2 cm³/mol. The molecule has 0 radical (unpaired) electrons. The summed E-state index contributed by atoms with van der Waals surface area (Å²) in [6.45, 7) is 2.43. The van der Waals surface area contributed by atoms with Crippen molar-refractivity contribution in [3.63, 3.8) is 0 Å². The number of aromatic carboxylic acids is 1. The Morgan fingerprint density at radius 3 is 2.93 bits per heavy atom. The molecular formula is C10H10N2O2S. The zero-order chi connectivity index (χ0) is 10.8. The van der Waals surface area contributed by atoms with Gasteiger partial charge in [-0.1, -0.05) is 0 Å². The second-order valence-electron chi connectivity index (χ2n) is 3.05. The maximum absolute atomic E-state index is 10.9. The van der Waals surface area contributed by atoms with E-state index in [1.165, 1.54) is 4.68 Å². The number of carboxylic acids is 1. The molecule has 2 aromatic heterocycles. The van der Waals surface area contributed by atoms with E-state index in [-0.39, 0.29) is 5.69 Å². The van der Waals surface area contributed by atoms with Crippen LogP contribution in [0.1, 0.15) is 17.4 Å². The third-order valence-corrected chi connectivity index (χ3v) is 2.80. The van der Waals surface area contributed by atoms with Crippen molar-refractivity contribution < 1.29 is 9.90 Å². The quantitative estimate of drug-likeness (QED) is 0.867. The van der Waals surface area contributed by atoms with Crippen LogP contribution in [0.5, 0.6) is 0 Å². The van der Waals surface area contributed by atoms with E-state index in [0.29, 0.717) is 6.54 Å². The Morgan fingerprint density at radius 1 is 1.67 bits per heavy atom. The summed E-state index contributed by atoms with van der Waals surface area (Å²) in [7, 11) is 0. The van der Waals surface area contributed by atoms with Gasteiger partial charge in [0.05, 0.1) is 5.69 Å². The van der Waals surface area contributed by atoms with Gasteiger partial charge in [0.2, 0.25) is 0 Å². The standard InChI is InChI=1S/C10H10N2O2S/c1-2-12-9(10(13)14)5-8(11-12)7-3-4-15-6-7/h3-6H,2H2,1H3,(H,13,14). The van der Waals surface area contributed by atoms with E-state index in [1.54, 1.807) is 17.4 Å². The van der Waals surface area contributed by atoms with Gasteiger partial charge >= 0.3 is 5.97 Å². The van der Waals surface area contributed by atoms with E-state index in [2.05, 4.69) is 5.10 Å². The summed E-state index contributed by atoms with van der Waals surface area (Å²) in [5.41, 5.74) is 1.92. The van der Waals surface area contributed by atoms with Gasteiger partial charge in [-0.2, -0.15) is 16.4 Å². The van der Waals surface area contributed by atoms with Gasteiger partial charge in [-0.25, -0.2) is 4.79 Å². The summed E-state index contributed by atoms with van der Waals surface area (Å²) in [5.74, 6) is -0.939. The summed E-state index contributed by atoms with van der Waals surface area (Å²) in [6, 6.07) is 3.53. The Balaban J connectivity index is 2.48. The van der Waals surface area contributed by atoms with Crippen LogP contribution in [0.2, 0.25) is 0 Å². The van der Waals surface area contributed by atoms with Crippen LogP contribution in [0.3, 0.4) is 0 Å². The molecule has 0 unspecified atom stereocenters. The molecule has 0 atom stereocenters. The van der Waals surface area contributed by atoms with Crippen molar-refractivity contribution in [2.45, 2.75) is 13.5 Å². The van der Waals surface area contributed by atoms with Crippen molar-refractivity contribution in [2.24, 2.45) is 0 Å². The molecule has 2 rings (SSSR count). The molecule has 0 saturated carbocycles. The van der Waals surface area contributed by atoms with Gasteiger partial charge in [-0.15, -0.1) is 0 Å². The predicted octanol–water partition coefficient (Wildman–Crippen LogP) is 2.33. The molecule has 0 fully saturated rings. The SMILES string of the molecule is CCn1nc(-c2ccsc2)cc1C(=O)O. The Hall–Kier alpha value is -1.62. The van der Waals surface area contributed by atoms with Gasteiger partial charge in [0.15, 0.2) is 0 Å². The largest absolute Gasteiger partial charge is 0.477 e. The highest BCUT2D eigenvalue weighted by atomic mass is 32.1. The Morgan fingerprint density at radius 2 is 2.47 bits per heavy atom. The average molecular weight is 222 g/mol. The van der Waals surface area contributed by atoms with Gasteiger partial charge in [0.1, 0.15) is 5.69 Å². The van der Waals surface area contributed by atoms with Crippen molar-refractivity contribution in [2.75, 3.05) is 0 Å². The molecule has 0 aliphatic heterocycles. The minimum Gasteiger partial charge on any atom is -0.477 e. The van der Waals surface area contributed by atoms with E-state index in [4.69, 9.17) is 5.11 Å². The van der Waals surface area contributed by atoms with Gasteiger partial charge in [-0.3, -0.25) is 4.68 Å². The fourth-order valence-electron chi connectivity index (χ4n) is 1.38. The molecule has 0 spiro atoms. The van der Waals surface area contributed by atoms with Crippen LogP contribution >= 0.6 is 11.3 Å². The summed E-state index contributed by atoms with van der Waals surface area (Å²) < 4.78 is 1.50. The monoisotopic (exact) mass is 222 g/mol. The van der Waals surface area contributed by atoms with Crippen LogP contribution in [0.25, 0.3) is 11.3 Å². The topological polar surface area (TPSA) is 55.1 Å². The number of thiophene rings is 1. The molecule has 0 aliphatic carbocycles. The van der Waals surface area contributed by atoms with Crippen LogP contribution < -0.4 is 0 Å². The second-order valence-corrected chi connectivity index (χ2v) is 3.83. The van der Waals surface area contributed by atoms with Crippen molar-refractivity contribution >= 4 is 17.3 Å². The molecule has 0 bridgehead atoms. The van der Waals surface area contributed by atoms with Crippen LogP contribution in [0, 0.1) is 0 Å². The maximum Gasteiger partial charge on any atom is 0.354 e. The first-order chi connectivity index (χ1) is 7.22. The van der Waals surface area contributed by atoms with E-state index in [9.17, 15) is 4.79 Å². The number of nitrogens with zero attached hydrogens (tertiary/aromatic N) is 2. The third kappa shape index (κ3) is 1.78. The number of hydrogen-bond donors (Lipinski definition) is 1. The molecular weight excluding hydrogens is 212 g/mol. The van der Waals surface area contributed by atoms with E-state index >= 15 is 0 Å². The molecule has 5 heteroatoms. The molecule has 2 aromatic rings. The Bertz CT molecular complexity index is 474. The normalized spacial score (nSPS) is 10.5. The molecule has 78 valence electrons. The number of hydrogen-bond acceptors (Lipinski definition) is 3. The minimum absolute atomic E-state index is 0.235. The first-order valence-corrected chi connectivity index (χ1v) is 5.50. The first-order valence-electron chi connectivity index (χ1n) is 4.56. The number of aryl methyl sites for hydroxylation is 1. The molecule has 0 amide bonds. The van der Waals surface area contributed by atoms with Gasteiger partial charge in [0, 0.05) is 17.5 Å². The molecule has 15 heavy (non-hydrogen) atoms. The molecule has 0 aromatic carbocycles. The number of aromatic nitrogens is 2. The number of rotatable bonds is 3. The van der Waals surface area contributed by atoms with Gasteiger partial charge < -0.3 is 5.11 Å². The first kappa shape index (κ1) is 9.92. The van der Waals surface area contributed by atoms with Crippen LogP contribution in [0.15, 0.2) is 22.9 Å². The van der Waals surface area contributed by atoms with E-state index < -0.39 is 5.97 Å². The zero-order valence-corrected chi connectivity index (χ0v) is 8.99. The fraction of sp³-hybridized carbons (Fsp3) is 0.200. The lowest BCUT2D eigenvalue weighted by Crippen LogP contribution is -2.07. The van der Waals surface area contributed by atoms with Crippen molar-refractivity contribution in [1.29, 1.82) is 0 Å². The van der Waals surface area contributed by atoms with E-state index in [1.807, 2.05) is 23.8 Å². The number of carboxylic acid groups (broad SMARTS) is 1. The number of carbonyl (C=O) groups is 1. The van der Waals surface area contributed by atoms with Crippen molar-refractivity contribution in [3.05, 3.63) is 28.6 Å². The van der Waals surface area contributed by atoms with Gasteiger partial charge in [-0.05, 0) is 24.4 Å². The highest BCUT2D eigenvalue weighted by Crippen LogP contribution is 2.21. The molecule has 1 N–H and O–H groups in total. The van der Waals surface area contributed by atoms with Crippen LogP contribution in [-0.2, 0) is 6.54 Å². The average Bonchev–Trinajstić information content (AvgIpc) is 2.86.